The molecule has 2 nitrogen and oxygen atoms in total. The van der Waals surface area contributed by atoms with E-state index in [1.807, 2.05) is 0 Å². The third-order valence-electron chi connectivity index (χ3n) is 2.13. The lowest BCUT2D eigenvalue weighted by Gasteiger charge is -2.17. The molecule has 1 atom stereocenters. The molecule has 6 heteroatoms. The second kappa shape index (κ2) is 5.05. The molecule has 0 aliphatic carbocycles. The summed E-state index contributed by atoms with van der Waals surface area (Å²) in [4.78, 5) is 0. The average molecular weight is 298 g/mol. The van der Waals surface area contributed by atoms with Gasteiger partial charge in [-0.2, -0.15) is 13.2 Å². The number of aliphatic hydroxyl groups is 1. The van der Waals surface area contributed by atoms with E-state index in [0.717, 1.165) is 10.0 Å². The molecule has 90 valence electrons. The maximum absolute atomic E-state index is 12.0. The fourth-order valence-corrected chi connectivity index (χ4v) is 1.49. The molecule has 0 bridgehead atoms. The molecule has 1 aromatic carbocycles. The van der Waals surface area contributed by atoms with Crippen LogP contribution in [0.5, 0.6) is 0 Å². The molecule has 0 amide bonds. The molecule has 0 saturated carbocycles. The molecule has 0 aromatic heterocycles. The average Bonchev–Trinajstić information content (AvgIpc) is 2.18. The zero-order valence-corrected chi connectivity index (χ0v) is 10.1. The molecular weight excluding hydrogens is 287 g/mol. The SMILES string of the molecule is Cc1c(Br)cccc1NCC(O)C(F)(F)F. The molecule has 1 unspecified atom stereocenters. The Balaban J connectivity index is 2.65. The molecule has 0 saturated heterocycles. The van der Waals surface area contributed by atoms with E-state index in [0.29, 0.717) is 5.69 Å². The zero-order valence-electron chi connectivity index (χ0n) is 8.48. The molecule has 1 aromatic rings. The smallest absolute Gasteiger partial charge is 0.382 e. The van der Waals surface area contributed by atoms with Crippen LogP contribution in [0, 0.1) is 6.92 Å². The van der Waals surface area contributed by atoms with Crippen LogP contribution in [-0.4, -0.2) is 23.9 Å². The van der Waals surface area contributed by atoms with Crippen LogP contribution in [0.2, 0.25) is 0 Å². The minimum absolute atomic E-state index is 0.555. The van der Waals surface area contributed by atoms with E-state index in [1.165, 1.54) is 0 Å². The normalized spacial score (nSPS) is 13.6. The van der Waals surface area contributed by atoms with Crippen molar-refractivity contribution in [3.63, 3.8) is 0 Å². The quantitative estimate of drug-likeness (QED) is 0.899. The van der Waals surface area contributed by atoms with Crippen LogP contribution in [0.25, 0.3) is 0 Å². The highest BCUT2D eigenvalue weighted by atomic mass is 79.9. The number of hydrogen-bond acceptors (Lipinski definition) is 2. The van der Waals surface area contributed by atoms with Crippen molar-refractivity contribution in [1.29, 1.82) is 0 Å². The molecular formula is C10H11BrF3NO. The Kier molecular flexibility index (Phi) is 4.21. The molecule has 0 heterocycles. The fourth-order valence-electron chi connectivity index (χ4n) is 1.12. The van der Waals surface area contributed by atoms with Crippen molar-refractivity contribution in [1.82, 2.24) is 0 Å². The van der Waals surface area contributed by atoms with Crippen molar-refractivity contribution < 1.29 is 18.3 Å². The zero-order chi connectivity index (χ0) is 12.3. The molecule has 0 radical (unpaired) electrons. The number of alkyl halides is 3. The summed E-state index contributed by atoms with van der Waals surface area (Å²) in [6.45, 7) is 1.22. The Bertz CT molecular complexity index is 368. The number of aliphatic hydroxyl groups excluding tert-OH is 1. The van der Waals surface area contributed by atoms with Gasteiger partial charge in [-0.05, 0) is 24.6 Å². The van der Waals surface area contributed by atoms with Gasteiger partial charge in [-0.15, -0.1) is 0 Å². The first-order chi connectivity index (χ1) is 7.32. The van der Waals surface area contributed by atoms with Crippen molar-refractivity contribution in [2.45, 2.75) is 19.2 Å². The summed E-state index contributed by atoms with van der Waals surface area (Å²) in [5, 5.41) is 11.4. The monoisotopic (exact) mass is 297 g/mol. The maximum atomic E-state index is 12.0. The van der Waals surface area contributed by atoms with Gasteiger partial charge in [0.05, 0.1) is 0 Å². The van der Waals surface area contributed by atoms with Crippen molar-refractivity contribution in [2.24, 2.45) is 0 Å². The first-order valence-electron chi connectivity index (χ1n) is 4.56. The van der Waals surface area contributed by atoms with Gasteiger partial charge in [0.1, 0.15) is 0 Å². The van der Waals surface area contributed by atoms with Gasteiger partial charge in [0, 0.05) is 16.7 Å². The molecule has 16 heavy (non-hydrogen) atoms. The van der Waals surface area contributed by atoms with E-state index in [2.05, 4.69) is 21.2 Å². The summed E-state index contributed by atoms with van der Waals surface area (Å²) in [6.07, 6.45) is -6.95. The third kappa shape index (κ3) is 3.38. The predicted octanol–water partition coefficient (Wildman–Crippen LogP) is 3.09. The van der Waals surface area contributed by atoms with Crippen LogP contribution in [0.15, 0.2) is 22.7 Å². The maximum Gasteiger partial charge on any atom is 0.416 e. The van der Waals surface area contributed by atoms with E-state index in [4.69, 9.17) is 5.11 Å². The molecule has 0 spiro atoms. The first kappa shape index (κ1) is 13.3. The standard InChI is InChI=1S/C10H11BrF3NO/c1-6-7(11)3-2-4-8(6)15-5-9(16)10(12,13)14/h2-4,9,15-16H,5H2,1H3. The van der Waals surface area contributed by atoms with Crippen LogP contribution in [0.3, 0.4) is 0 Å². The van der Waals surface area contributed by atoms with Crippen molar-refractivity contribution in [3.05, 3.63) is 28.2 Å². The summed E-state index contributed by atoms with van der Waals surface area (Å²) < 4.78 is 36.9. The van der Waals surface area contributed by atoms with Crippen LogP contribution in [0.4, 0.5) is 18.9 Å². The second-order valence-corrected chi connectivity index (χ2v) is 4.21. The molecule has 0 aliphatic rings. The van der Waals surface area contributed by atoms with Gasteiger partial charge in [0.2, 0.25) is 0 Å². The molecule has 0 fully saturated rings. The van der Waals surface area contributed by atoms with Crippen molar-refractivity contribution in [3.8, 4) is 0 Å². The number of nitrogens with one attached hydrogen (secondary N) is 1. The van der Waals surface area contributed by atoms with Crippen LogP contribution >= 0.6 is 15.9 Å². The lowest BCUT2D eigenvalue weighted by atomic mass is 10.2. The van der Waals surface area contributed by atoms with Gasteiger partial charge >= 0.3 is 6.18 Å². The van der Waals surface area contributed by atoms with Gasteiger partial charge in [0.25, 0.3) is 0 Å². The minimum atomic E-state index is -4.59. The number of halogens is 4. The van der Waals surface area contributed by atoms with E-state index >= 15 is 0 Å². The topological polar surface area (TPSA) is 32.3 Å². The molecule has 0 aliphatic heterocycles. The summed E-state index contributed by atoms with van der Waals surface area (Å²) in [7, 11) is 0. The summed E-state index contributed by atoms with van der Waals surface area (Å²) in [5.74, 6) is 0. The van der Waals surface area contributed by atoms with Crippen LogP contribution in [0.1, 0.15) is 5.56 Å². The highest BCUT2D eigenvalue weighted by Crippen LogP contribution is 2.25. The molecule has 2 N–H and O–H groups in total. The Morgan fingerprint density at radius 3 is 2.62 bits per heavy atom. The Hall–Kier alpha value is -0.750. The lowest BCUT2D eigenvalue weighted by molar-refractivity contribution is -0.198. The Labute approximate surface area is 99.6 Å². The third-order valence-corrected chi connectivity index (χ3v) is 2.99. The predicted molar refractivity (Wildman–Crippen MR) is 59.4 cm³/mol. The number of hydrogen-bond donors (Lipinski definition) is 2. The number of anilines is 1. The Morgan fingerprint density at radius 2 is 2.06 bits per heavy atom. The van der Waals surface area contributed by atoms with E-state index in [-0.39, 0.29) is 0 Å². The number of benzene rings is 1. The summed E-state index contributed by atoms with van der Waals surface area (Å²) in [6, 6.07) is 5.16. The van der Waals surface area contributed by atoms with E-state index < -0.39 is 18.8 Å². The summed E-state index contributed by atoms with van der Waals surface area (Å²) in [5.41, 5.74) is 1.37. The van der Waals surface area contributed by atoms with Gasteiger partial charge in [-0.3, -0.25) is 0 Å². The second-order valence-electron chi connectivity index (χ2n) is 3.35. The lowest BCUT2D eigenvalue weighted by Crippen LogP contribution is -2.35. The van der Waals surface area contributed by atoms with Gasteiger partial charge in [-0.25, -0.2) is 0 Å². The fraction of sp³-hybridized carbons (Fsp3) is 0.400. The molecule has 1 rings (SSSR count). The highest BCUT2D eigenvalue weighted by Gasteiger charge is 2.37. The minimum Gasteiger partial charge on any atom is -0.382 e. The largest absolute Gasteiger partial charge is 0.416 e. The summed E-state index contributed by atoms with van der Waals surface area (Å²) >= 11 is 3.27. The van der Waals surface area contributed by atoms with Crippen LogP contribution < -0.4 is 5.32 Å². The highest BCUT2D eigenvalue weighted by molar-refractivity contribution is 9.10. The van der Waals surface area contributed by atoms with Gasteiger partial charge < -0.3 is 10.4 Å². The van der Waals surface area contributed by atoms with Gasteiger partial charge in [0.15, 0.2) is 6.10 Å². The van der Waals surface area contributed by atoms with Crippen molar-refractivity contribution in [2.75, 3.05) is 11.9 Å². The number of rotatable bonds is 3. The van der Waals surface area contributed by atoms with E-state index in [1.54, 1.807) is 25.1 Å². The Morgan fingerprint density at radius 1 is 1.44 bits per heavy atom. The van der Waals surface area contributed by atoms with E-state index in [9.17, 15) is 13.2 Å². The van der Waals surface area contributed by atoms with Gasteiger partial charge in [-0.1, -0.05) is 22.0 Å². The van der Waals surface area contributed by atoms with Crippen LogP contribution in [-0.2, 0) is 0 Å². The van der Waals surface area contributed by atoms with Crippen molar-refractivity contribution >= 4 is 21.6 Å². The first-order valence-corrected chi connectivity index (χ1v) is 5.35.